The number of hydrogen-bond acceptors (Lipinski definition) is 7. The van der Waals surface area contributed by atoms with Crippen molar-refractivity contribution < 1.29 is 19.6 Å². The lowest BCUT2D eigenvalue weighted by atomic mass is 9.91. The van der Waals surface area contributed by atoms with E-state index in [1.54, 1.807) is 25.4 Å². The van der Waals surface area contributed by atoms with Crippen LogP contribution in [-0.4, -0.2) is 62.1 Å². The molecular formula is C20H27N5O4. The fraction of sp³-hybridized carbons (Fsp3) is 0.600. The van der Waals surface area contributed by atoms with Gasteiger partial charge < -0.3 is 0 Å². The highest BCUT2D eigenvalue weighted by Crippen LogP contribution is 2.32. The minimum absolute atomic E-state index is 0.0922. The molecule has 1 aliphatic carbocycles. The van der Waals surface area contributed by atoms with E-state index in [0.29, 0.717) is 41.8 Å². The molecule has 1 aromatic heterocycles. The van der Waals surface area contributed by atoms with Crippen LogP contribution >= 0.6 is 0 Å². The van der Waals surface area contributed by atoms with Gasteiger partial charge in [-0.3, -0.25) is 19.6 Å². The minimum atomic E-state index is -0.688. The van der Waals surface area contributed by atoms with Crippen LogP contribution < -0.4 is 0 Å². The SMILES string of the molecule is Cc1nccc(CC(=O)[C@@H]2CC=NN2C(=O)[C@H](CC2CCCC2)CN(O)C=O)n1. The molecule has 0 spiro atoms. The van der Waals surface area contributed by atoms with Gasteiger partial charge in [-0.25, -0.2) is 20.0 Å². The van der Waals surface area contributed by atoms with Crippen LogP contribution in [-0.2, 0) is 20.8 Å². The fourth-order valence-electron chi connectivity index (χ4n) is 4.15. The van der Waals surface area contributed by atoms with Crippen molar-refractivity contribution >= 4 is 24.3 Å². The topological polar surface area (TPSA) is 116 Å². The number of nitrogens with zero attached hydrogens (tertiary/aromatic N) is 5. The second-order valence-corrected chi connectivity index (χ2v) is 7.78. The molecule has 0 radical (unpaired) electrons. The number of Topliss-reactive ketones (excluding diaryl/α,β-unsaturated/α-hetero) is 1. The first-order valence-electron chi connectivity index (χ1n) is 10.1. The van der Waals surface area contributed by atoms with Gasteiger partial charge in [-0.15, -0.1) is 0 Å². The summed E-state index contributed by atoms with van der Waals surface area (Å²) >= 11 is 0. The summed E-state index contributed by atoms with van der Waals surface area (Å²) in [4.78, 5) is 45.2. The molecule has 1 saturated carbocycles. The van der Waals surface area contributed by atoms with Crippen LogP contribution in [0.4, 0.5) is 0 Å². The standard InChI is InChI=1S/C20H27N5O4/c1-14-21-8-6-17(23-14)11-19(27)18-7-9-22-25(18)20(28)16(12-24(29)13-26)10-15-4-2-3-5-15/h6,8-9,13,15-16,18,29H,2-5,7,10-12H2,1H3/t16-,18+/m1/s1. The summed E-state index contributed by atoms with van der Waals surface area (Å²) in [5.74, 6) is -0.109. The molecule has 3 rings (SSSR count). The predicted octanol–water partition coefficient (Wildman–Crippen LogP) is 1.53. The summed E-state index contributed by atoms with van der Waals surface area (Å²) in [6.07, 6.45) is 8.80. The number of hydroxylamine groups is 2. The normalized spacial score (nSPS) is 20.1. The van der Waals surface area contributed by atoms with Crippen molar-refractivity contribution in [3.05, 3.63) is 23.8 Å². The average molecular weight is 401 g/mol. The van der Waals surface area contributed by atoms with E-state index in [-0.39, 0.29) is 24.7 Å². The second kappa shape index (κ2) is 9.69. The summed E-state index contributed by atoms with van der Waals surface area (Å²) in [6, 6.07) is 0.996. The van der Waals surface area contributed by atoms with E-state index in [2.05, 4.69) is 15.1 Å². The highest BCUT2D eigenvalue weighted by molar-refractivity contribution is 5.94. The van der Waals surface area contributed by atoms with Crippen LogP contribution in [0.1, 0.15) is 50.0 Å². The highest BCUT2D eigenvalue weighted by atomic mass is 16.5. The maximum absolute atomic E-state index is 13.2. The lowest BCUT2D eigenvalue weighted by Crippen LogP contribution is -2.45. The lowest BCUT2D eigenvalue weighted by molar-refractivity contribution is -0.158. The quantitative estimate of drug-likeness (QED) is 0.381. The van der Waals surface area contributed by atoms with Gasteiger partial charge in [0.1, 0.15) is 11.9 Å². The van der Waals surface area contributed by atoms with Crippen molar-refractivity contribution in [2.45, 2.75) is 57.9 Å². The summed E-state index contributed by atoms with van der Waals surface area (Å²) < 4.78 is 0. The van der Waals surface area contributed by atoms with Crippen molar-refractivity contribution in [1.29, 1.82) is 0 Å². The molecule has 1 N–H and O–H groups in total. The van der Waals surface area contributed by atoms with Crippen molar-refractivity contribution in [1.82, 2.24) is 20.0 Å². The summed E-state index contributed by atoms with van der Waals surface area (Å²) in [5, 5.41) is 15.5. The van der Waals surface area contributed by atoms with Gasteiger partial charge in [-0.05, 0) is 25.3 Å². The van der Waals surface area contributed by atoms with E-state index in [9.17, 15) is 19.6 Å². The maximum atomic E-state index is 13.2. The number of carbonyl (C=O) groups excluding carboxylic acids is 3. The van der Waals surface area contributed by atoms with Gasteiger partial charge in [0.25, 0.3) is 0 Å². The Morgan fingerprint density at radius 2 is 2.14 bits per heavy atom. The van der Waals surface area contributed by atoms with Crippen LogP contribution in [0.15, 0.2) is 17.4 Å². The third-order valence-corrected chi connectivity index (χ3v) is 5.59. The van der Waals surface area contributed by atoms with Crippen LogP contribution in [0, 0.1) is 18.8 Å². The number of hydrazone groups is 1. The zero-order valence-corrected chi connectivity index (χ0v) is 16.6. The second-order valence-electron chi connectivity index (χ2n) is 7.78. The van der Waals surface area contributed by atoms with E-state index >= 15 is 0 Å². The van der Waals surface area contributed by atoms with Gasteiger partial charge in [-0.1, -0.05) is 25.7 Å². The van der Waals surface area contributed by atoms with Crippen LogP contribution in [0.5, 0.6) is 0 Å². The first-order valence-corrected chi connectivity index (χ1v) is 10.1. The molecule has 0 bridgehead atoms. The Labute approximate surface area is 169 Å². The zero-order chi connectivity index (χ0) is 20.8. The molecule has 1 aliphatic heterocycles. The molecule has 1 aromatic rings. The largest absolute Gasteiger partial charge is 0.297 e. The molecule has 0 unspecified atom stereocenters. The van der Waals surface area contributed by atoms with Gasteiger partial charge in [-0.2, -0.15) is 5.10 Å². The van der Waals surface area contributed by atoms with E-state index < -0.39 is 12.0 Å². The van der Waals surface area contributed by atoms with Gasteiger partial charge in [0.05, 0.1) is 24.6 Å². The molecule has 2 aliphatic rings. The Kier molecular flexibility index (Phi) is 7.03. The molecule has 1 fully saturated rings. The number of hydrogen-bond donors (Lipinski definition) is 1. The molecule has 9 nitrogen and oxygen atoms in total. The Bertz CT molecular complexity index is 778. The molecule has 156 valence electrons. The van der Waals surface area contributed by atoms with Crippen LogP contribution in [0.2, 0.25) is 0 Å². The molecule has 2 atom stereocenters. The van der Waals surface area contributed by atoms with Crippen molar-refractivity contribution in [3.63, 3.8) is 0 Å². The average Bonchev–Trinajstić information content (AvgIpc) is 3.38. The Morgan fingerprint density at radius 1 is 1.38 bits per heavy atom. The molecular weight excluding hydrogens is 374 g/mol. The summed E-state index contributed by atoms with van der Waals surface area (Å²) in [6.45, 7) is 1.65. The number of ketones is 1. The minimum Gasteiger partial charge on any atom is -0.297 e. The smallest absolute Gasteiger partial charge is 0.248 e. The van der Waals surface area contributed by atoms with Crippen molar-refractivity contribution in [2.24, 2.45) is 16.9 Å². The molecule has 0 saturated heterocycles. The van der Waals surface area contributed by atoms with Gasteiger partial charge >= 0.3 is 0 Å². The maximum Gasteiger partial charge on any atom is 0.248 e. The zero-order valence-electron chi connectivity index (χ0n) is 16.6. The van der Waals surface area contributed by atoms with Crippen LogP contribution in [0.3, 0.4) is 0 Å². The van der Waals surface area contributed by atoms with Gasteiger partial charge in [0.2, 0.25) is 12.3 Å². The van der Waals surface area contributed by atoms with Crippen LogP contribution in [0.25, 0.3) is 0 Å². The van der Waals surface area contributed by atoms with E-state index in [1.807, 2.05) is 0 Å². The Morgan fingerprint density at radius 3 is 2.83 bits per heavy atom. The highest BCUT2D eigenvalue weighted by Gasteiger charge is 2.37. The van der Waals surface area contributed by atoms with Gasteiger partial charge in [0.15, 0.2) is 5.78 Å². The number of aromatic nitrogens is 2. The molecule has 9 heteroatoms. The predicted molar refractivity (Wildman–Crippen MR) is 104 cm³/mol. The fourth-order valence-corrected chi connectivity index (χ4v) is 4.15. The number of rotatable bonds is 9. The molecule has 2 amide bonds. The number of amides is 2. The van der Waals surface area contributed by atoms with Gasteiger partial charge in [0, 0.05) is 18.8 Å². The first-order chi connectivity index (χ1) is 14.0. The molecule has 0 aromatic carbocycles. The molecule has 2 heterocycles. The third kappa shape index (κ3) is 5.44. The van der Waals surface area contributed by atoms with E-state index in [4.69, 9.17) is 0 Å². The first kappa shape index (κ1) is 21.0. The van der Waals surface area contributed by atoms with Crippen molar-refractivity contribution in [2.75, 3.05) is 6.54 Å². The monoisotopic (exact) mass is 401 g/mol. The number of carbonyl (C=O) groups is 3. The van der Waals surface area contributed by atoms with E-state index in [0.717, 1.165) is 25.7 Å². The summed E-state index contributed by atoms with van der Waals surface area (Å²) in [5.41, 5.74) is 0.604. The van der Waals surface area contributed by atoms with Crippen molar-refractivity contribution in [3.8, 4) is 0 Å². The number of aryl methyl sites for hydroxylation is 1. The molecule has 29 heavy (non-hydrogen) atoms. The summed E-state index contributed by atoms with van der Waals surface area (Å²) in [7, 11) is 0. The lowest BCUT2D eigenvalue weighted by Gasteiger charge is -2.28. The Balaban J connectivity index is 1.70. The third-order valence-electron chi connectivity index (χ3n) is 5.59. The Hall–Kier alpha value is -2.68. The van der Waals surface area contributed by atoms with E-state index in [1.165, 1.54) is 5.01 Å².